The van der Waals surface area contributed by atoms with Crippen molar-refractivity contribution in [3.05, 3.63) is 0 Å². The van der Waals surface area contributed by atoms with Crippen LogP contribution in [0.25, 0.3) is 0 Å². The van der Waals surface area contributed by atoms with E-state index in [-0.39, 0.29) is 12.5 Å². The zero-order valence-corrected chi connectivity index (χ0v) is 9.79. The lowest BCUT2D eigenvalue weighted by Gasteiger charge is -2.34. The van der Waals surface area contributed by atoms with Gasteiger partial charge in [0.2, 0.25) is 5.91 Å². The smallest absolute Gasteiger partial charge is 0.265 e. The van der Waals surface area contributed by atoms with Crippen molar-refractivity contribution in [2.45, 2.75) is 44.6 Å². The summed E-state index contributed by atoms with van der Waals surface area (Å²) < 4.78 is 24.1. The number of nitrogens with one attached hydrogen (secondary N) is 1. The van der Waals surface area contributed by atoms with Crippen LogP contribution in [0.2, 0.25) is 0 Å². The van der Waals surface area contributed by atoms with E-state index in [4.69, 9.17) is 10.8 Å². The van der Waals surface area contributed by atoms with Crippen molar-refractivity contribution < 1.29 is 18.7 Å². The van der Waals surface area contributed by atoms with Crippen molar-refractivity contribution in [2.75, 3.05) is 13.1 Å². The van der Waals surface area contributed by atoms with Crippen LogP contribution >= 0.6 is 0 Å². The molecule has 0 aromatic carbocycles. The molecule has 1 unspecified atom stereocenters. The maximum absolute atomic E-state index is 12.1. The van der Waals surface area contributed by atoms with Crippen molar-refractivity contribution in [3.8, 4) is 0 Å². The molecule has 100 valence electrons. The highest BCUT2D eigenvalue weighted by atomic mass is 19.3. The molecule has 1 atom stereocenters. The Morgan fingerprint density at radius 1 is 1.35 bits per heavy atom. The number of aliphatic hydroxyl groups is 1. The monoisotopic (exact) mass is 250 g/mol. The molecule has 0 bridgehead atoms. The summed E-state index contributed by atoms with van der Waals surface area (Å²) in [4.78, 5) is 11.9. The number of carbonyl (C=O) groups excluding carboxylic acids is 1. The van der Waals surface area contributed by atoms with Crippen molar-refractivity contribution in [2.24, 2.45) is 11.1 Å². The molecule has 0 spiro atoms. The van der Waals surface area contributed by atoms with E-state index >= 15 is 0 Å². The molecule has 4 N–H and O–H groups in total. The van der Waals surface area contributed by atoms with E-state index in [9.17, 15) is 13.6 Å². The van der Waals surface area contributed by atoms with E-state index < -0.39 is 24.5 Å². The summed E-state index contributed by atoms with van der Waals surface area (Å²) in [6.07, 6.45) is -0.313. The molecule has 0 radical (unpaired) electrons. The number of rotatable bonds is 5. The fourth-order valence-electron chi connectivity index (χ4n) is 2.23. The van der Waals surface area contributed by atoms with Crippen LogP contribution in [0.15, 0.2) is 0 Å². The molecule has 4 nitrogen and oxygen atoms in total. The number of halogens is 2. The SMILES string of the molecule is NCC1(C(=O)NCC(O)C(F)F)CCCCC1. The largest absolute Gasteiger partial charge is 0.385 e. The Kier molecular flexibility index (Phi) is 5.27. The van der Waals surface area contributed by atoms with Gasteiger partial charge in [-0.15, -0.1) is 0 Å². The lowest BCUT2D eigenvalue weighted by atomic mass is 9.73. The first-order valence-electron chi connectivity index (χ1n) is 5.96. The highest BCUT2D eigenvalue weighted by Crippen LogP contribution is 2.35. The topological polar surface area (TPSA) is 75.4 Å². The second-order valence-electron chi connectivity index (χ2n) is 4.66. The second kappa shape index (κ2) is 6.26. The Bertz CT molecular complexity index is 256. The number of aliphatic hydroxyl groups excluding tert-OH is 1. The minimum atomic E-state index is -2.84. The van der Waals surface area contributed by atoms with Gasteiger partial charge in [-0.3, -0.25) is 4.79 Å². The summed E-state index contributed by atoms with van der Waals surface area (Å²) in [5.74, 6) is -0.306. The van der Waals surface area contributed by atoms with Gasteiger partial charge in [0.25, 0.3) is 6.43 Å². The van der Waals surface area contributed by atoms with Crippen molar-refractivity contribution in [3.63, 3.8) is 0 Å². The van der Waals surface area contributed by atoms with Crippen LogP contribution in [-0.4, -0.2) is 36.6 Å². The standard InChI is InChI=1S/C11H20F2N2O2/c12-9(13)8(16)6-15-10(17)11(7-14)4-2-1-3-5-11/h8-9,16H,1-7,14H2,(H,15,17). The predicted octanol–water partition coefficient (Wildman–Crippen LogP) is 0.638. The van der Waals surface area contributed by atoms with Crippen molar-refractivity contribution in [1.82, 2.24) is 5.32 Å². The van der Waals surface area contributed by atoms with E-state index in [0.717, 1.165) is 19.3 Å². The second-order valence-corrected chi connectivity index (χ2v) is 4.66. The quantitative estimate of drug-likeness (QED) is 0.670. The maximum Gasteiger partial charge on any atom is 0.265 e. The first kappa shape index (κ1) is 14.3. The van der Waals surface area contributed by atoms with Crippen LogP contribution in [0.3, 0.4) is 0 Å². The van der Waals surface area contributed by atoms with Crippen molar-refractivity contribution in [1.29, 1.82) is 0 Å². The van der Waals surface area contributed by atoms with Crippen LogP contribution in [0.5, 0.6) is 0 Å². The van der Waals surface area contributed by atoms with Gasteiger partial charge in [-0.05, 0) is 12.8 Å². The summed E-state index contributed by atoms with van der Waals surface area (Å²) in [7, 11) is 0. The number of nitrogens with two attached hydrogens (primary N) is 1. The highest BCUT2D eigenvalue weighted by molar-refractivity contribution is 5.83. The lowest BCUT2D eigenvalue weighted by Crippen LogP contribution is -2.49. The van der Waals surface area contributed by atoms with Gasteiger partial charge in [0, 0.05) is 13.1 Å². The summed E-state index contributed by atoms with van der Waals surface area (Å²) in [6, 6.07) is 0. The summed E-state index contributed by atoms with van der Waals surface area (Å²) in [5.41, 5.74) is 5.01. The van der Waals surface area contributed by atoms with Gasteiger partial charge in [-0.25, -0.2) is 8.78 Å². The molecule has 0 aromatic heterocycles. The minimum absolute atomic E-state index is 0.226. The highest BCUT2D eigenvalue weighted by Gasteiger charge is 2.38. The number of carbonyl (C=O) groups is 1. The number of amides is 1. The summed E-state index contributed by atoms with van der Waals surface area (Å²) in [5, 5.41) is 11.3. The van der Waals surface area contributed by atoms with Gasteiger partial charge in [0.1, 0.15) is 6.10 Å². The van der Waals surface area contributed by atoms with E-state index in [1.807, 2.05) is 0 Å². The fourth-order valence-corrected chi connectivity index (χ4v) is 2.23. The van der Waals surface area contributed by atoms with Crippen LogP contribution in [-0.2, 0) is 4.79 Å². The molecule has 6 heteroatoms. The van der Waals surface area contributed by atoms with Crippen LogP contribution in [0.4, 0.5) is 8.78 Å². The average molecular weight is 250 g/mol. The molecular formula is C11H20F2N2O2. The van der Waals surface area contributed by atoms with E-state index in [1.165, 1.54) is 0 Å². The van der Waals surface area contributed by atoms with Gasteiger partial charge >= 0.3 is 0 Å². The fraction of sp³-hybridized carbons (Fsp3) is 0.909. The Morgan fingerprint density at radius 2 is 1.94 bits per heavy atom. The average Bonchev–Trinajstić information content (AvgIpc) is 2.36. The number of alkyl halides is 2. The van der Waals surface area contributed by atoms with E-state index in [2.05, 4.69) is 5.32 Å². The molecule has 1 saturated carbocycles. The summed E-state index contributed by atoms with van der Waals surface area (Å²) >= 11 is 0. The van der Waals surface area contributed by atoms with Gasteiger partial charge in [0.15, 0.2) is 0 Å². The Hall–Kier alpha value is -0.750. The Labute approximate surface area is 99.6 Å². The minimum Gasteiger partial charge on any atom is -0.385 e. The molecular weight excluding hydrogens is 230 g/mol. The molecule has 1 aliphatic rings. The van der Waals surface area contributed by atoms with Gasteiger partial charge in [-0.2, -0.15) is 0 Å². The van der Waals surface area contributed by atoms with Crippen LogP contribution < -0.4 is 11.1 Å². The van der Waals surface area contributed by atoms with Crippen molar-refractivity contribution >= 4 is 5.91 Å². The molecule has 1 aliphatic carbocycles. The maximum atomic E-state index is 12.1. The lowest BCUT2D eigenvalue weighted by molar-refractivity contribution is -0.133. The van der Waals surface area contributed by atoms with Gasteiger partial charge < -0.3 is 16.2 Å². The normalized spacial score (nSPS) is 21.2. The molecule has 0 aliphatic heterocycles. The predicted molar refractivity (Wildman–Crippen MR) is 59.6 cm³/mol. The first-order chi connectivity index (χ1) is 8.02. The Morgan fingerprint density at radius 3 is 2.41 bits per heavy atom. The van der Waals surface area contributed by atoms with Crippen LogP contribution in [0, 0.1) is 5.41 Å². The van der Waals surface area contributed by atoms with Crippen LogP contribution in [0.1, 0.15) is 32.1 Å². The van der Waals surface area contributed by atoms with E-state index in [1.54, 1.807) is 0 Å². The Balaban J connectivity index is 2.49. The molecule has 0 heterocycles. The zero-order valence-electron chi connectivity index (χ0n) is 9.79. The molecule has 0 saturated heterocycles. The summed E-state index contributed by atoms with van der Waals surface area (Å²) in [6.45, 7) is -0.193. The molecule has 17 heavy (non-hydrogen) atoms. The van der Waals surface area contributed by atoms with E-state index in [0.29, 0.717) is 12.8 Å². The molecule has 1 fully saturated rings. The molecule has 0 aromatic rings. The van der Waals surface area contributed by atoms with Gasteiger partial charge in [-0.1, -0.05) is 19.3 Å². The molecule has 1 rings (SSSR count). The number of hydrogen-bond acceptors (Lipinski definition) is 3. The van der Waals surface area contributed by atoms with Gasteiger partial charge in [0.05, 0.1) is 5.41 Å². The third-order valence-corrected chi connectivity index (χ3v) is 3.45. The third kappa shape index (κ3) is 3.61. The zero-order chi connectivity index (χ0) is 12.9. The first-order valence-corrected chi connectivity index (χ1v) is 5.96. The number of hydrogen-bond donors (Lipinski definition) is 3. The molecule has 1 amide bonds. The third-order valence-electron chi connectivity index (χ3n) is 3.45.